The van der Waals surface area contributed by atoms with E-state index >= 15 is 0 Å². The quantitative estimate of drug-likeness (QED) is 0.330. The molecule has 0 amide bonds. The topological polar surface area (TPSA) is 89.4 Å². The summed E-state index contributed by atoms with van der Waals surface area (Å²) in [5.74, 6) is 0. The maximum Gasteiger partial charge on any atom is 0.0777 e. The molecule has 0 atom stereocenters. The van der Waals surface area contributed by atoms with Gasteiger partial charge in [0.1, 0.15) is 0 Å². The van der Waals surface area contributed by atoms with Crippen LogP contribution in [-0.2, 0) is 0 Å². The fraction of sp³-hybridized carbons (Fsp3) is 0. The number of hydrogen-bond donors (Lipinski definition) is 1. The second-order valence-corrected chi connectivity index (χ2v) is 1.19. The van der Waals surface area contributed by atoms with Crippen LogP contribution in [0.2, 0.25) is 0 Å². The zero-order valence-electron chi connectivity index (χ0n) is 2.76. The molecule has 0 aliphatic heterocycles. The minimum absolute atomic E-state index is 0. The summed E-state index contributed by atoms with van der Waals surface area (Å²) >= 11 is 0. The zero-order chi connectivity index (χ0) is 4.50. The lowest BCUT2D eigenvalue weighted by molar-refractivity contribution is -1.92. The standard InChI is InChI=1S/ClHO4.Mg/c2-1(3,4)5;/h(H,2,3,4,5);. The van der Waals surface area contributed by atoms with Crippen molar-refractivity contribution in [3.63, 3.8) is 0 Å². The van der Waals surface area contributed by atoms with Crippen molar-refractivity contribution in [2.45, 2.75) is 0 Å². The van der Waals surface area contributed by atoms with Crippen LogP contribution in [0.5, 0.6) is 0 Å². The molecule has 0 bridgehead atoms. The molecular weight excluding hydrogens is 124 g/mol. The molecule has 0 spiro atoms. The van der Waals surface area contributed by atoms with Gasteiger partial charge in [-0.3, -0.25) is 0 Å². The van der Waals surface area contributed by atoms with Gasteiger partial charge in [0.15, 0.2) is 0 Å². The van der Waals surface area contributed by atoms with Crippen LogP contribution >= 0.6 is 0 Å². The monoisotopic (exact) mass is 124 g/mol. The number of halogens is 1. The maximum absolute atomic E-state index is 8.60. The summed E-state index contributed by atoms with van der Waals surface area (Å²) in [4.78, 5) is 0. The van der Waals surface area contributed by atoms with Gasteiger partial charge in [0, 0.05) is 23.1 Å². The Bertz CT molecular complexity index is 23.0. The van der Waals surface area contributed by atoms with Crippen molar-refractivity contribution in [3.05, 3.63) is 0 Å². The van der Waals surface area contributed by atoms with Crippen molar-refractivity contribution in [3.8, 4) is 0 Å². The van der Waals surface area contributed by atoms with Crippen molar-refractivity contribution in [1.29, 1.82) is 0 Å². The summed E-state index contributed by atoms with van der Waals surface area (Å²) in [5, 5.41) is 0. The fourth-order valence-corrected chi connectivity index (χ4v) is 0. The summed E-state index contributed by atoms with van der Waals surface area (Å²) in [7, 11) is -4.69. The molecule has 0 saturated heterocycles. The summed E-state index contributed by atoms with van der Waals surface area (Å²) in [6.07, 6.45) is 0. The molecule has 1 N–H and O–H groups in total. The van der Waals surface area contributed by atoms with Crippen LogP contribution < -0.4 is 14.0 Å². The molecule has 0 heterocycles. The number of rotatable bonds is 0. The Morgan fingerprint density at radius 1 is 1.17 bits per heavy atom. The van der Waals surface area contributed by atoms with Crippen LogP contribution in [0.25, 0.3) is 0 Å². The summed E-state index contributed by atoms with van der Waals surface area (Å²) in [5.41, 5.74) is 0. The smallest absolute Gasteiger partial charge is 0.0777 e. The Kier molecular flexibility index (Phi) is 4.95. The molecule has 0 aliphatic rings. The third kappa shape index (κ3) is 92.5. The van der Waals surface area contributed by atoms with E-state index in [2.05, 4.69) is 0 Å². The largest absolute Gasteiger partial charge is 0.183 e. The van der Waals surface area contributed by atoms with Crippen molar-refractivity contribution in [2.75, 3.05) is 0 Å². The average molecular weight is 125 g/mol. The van der Waals surface area contributed by atoms with E-state index in [1.807, 2.05) is 0 Å². The fourth-order valence-electron chi connectivity index (χ4n) is 0. The average Bonchev–Trinajstić information content (AvgIpc) is 0.722. The van der Waals surface area contributed by atoms with Gasteiger partial charge in [-0.2, -0.15) is 14.0 Å². The molecule has 34 valence electrons. The van der Waals surface area contributed by atoms with E-state index in [1.54, 1.807) is 0 Å². The Morgan fingerprint density at radius 2 is 1.17 bits per heavy atom. The van der Waals surface area contributed by atoms with Crippen LogP contribution in [0.15, 0.2) is 0 Å². The van der Waals surface area contributed by atoms with E-state index in [1.165, 1.54) is 0 Å². The highest BCUT2D eigenvalue weighted by Gasteiger charge is 1.98. The molecule has 6 heavy (non-hydrogen) atoms. The van der Waals surface area contributed by atoms with Crippen molar-refractivity contribution in [2.24, 2.45) is 0 Å². The first-order chi connectivity index (χ1) is 2.00. The molecule has 0 saturated carbocycles. The van der Waals surface area contributed by atoms with Crippen molar-refractivity contribution < 1.29 is 28.9 Å². The summed E-state index contributed by atoms with van der Waals surface area (Å²) in [6, 6.07) is 0. The second kappa shape index (κ2) is 2.97. The predicted octanol–water partition coefficient (Wildman–Crippen LogP) is -4.50. The Morgan fingerprint density at radius 3 is 1.17 bits per heavy atom. The highest BCUT2D eigenvalue weighted by molar-refractivity contribution is 5.75. The maximum atomic E-state index is 8.60. The van der Waals surface area contributed by atoms with Gasteiger partial charge in [-0.05, 0) is 0 Å². The van der Waals surface area contributed by atoms with Gasteiger partial charge in [0.05, 0.1) is 14.9 Å². The Hall–Kier alpha value is 0.896. The lowest BCUT2D eigenvalue weighted by Gasteiger charge is -2.03. The molecule has 6 heteroatoms. The van der Waals surface area contributed by atoms with Crippen LogP contribution in [0.4, 0.5) is 0 Å². The van der Waals surface area contributed by atoms with Gasteiger partial charge in [0.2, 0.25) is 0 Å². The first-order valence-electron chi connectivity index (χ1n) is 0.632. The Labute approximate surface area is 52.3 Å². The molecule has 0 fully saturated rings. The molecule has 0 unspecified atom stereocenters. The van der Waals surface area contributed by atoms with Gasteiger partial charge in [-0.25, -0.2) is 0 Å². The van der Waals surface area contributed by atoms with E-state index < -0.39 is 10.2 Å². The summed E-state index contributed by atoms with van der Waals surface area (Å²) in [6.45, 7) is 0. The van der Waals surface area contributed by atoms with Gasteiger partial charge < -0.3 is 0 Å². The zero-order valence-corrected chi connectivity index (χ0v) is 4.93. The van der Waals surface area contributed by atoms with Gasteiger partial charge in [-0.15, -0.1) is 0 Å². The normalized spacial score (nSPS) is 10.0. The third-order valence-electron chi connectivity index (χ3n) is 0. The molecule has 0 aliphatic carbocycles. The lowest BCUT2D eigenvalue weighted by Crippen LogP contribution is -2.58. The van der Waals surface area contributed by atoms with Crippen molar-refractivity contribution >= 4 is 23.1 Å². The van der Waals surface area contributed by atoms with Crippen LogP contribution in [0.3, 0.4) is 0 Å². The van der Waals surface area contributed by atoms with E-state index in [0.29, 0.717) is 0 Å². The van der Waals surface area contributed by atoms with Gasteiger partial charge >= 0.3 is 0 Å². The molecule has 0 rings (SSSR count). The molecule has 0 aromatic rings. The minimum Gasteiger partial charge on any atom is -0.183 e. The first-order valence-corrected chi connectivity index (χ1v) is 1.90. The minimum atomic E-state index is -4.69. The van der Waals surface area contributed by atoms with E-state index in [-0.39, 0.29) is 23.1 Å². The third-order valence-corrected chi connectivity index (χ3v) is 0. The van der Waals surface area contributed by atoms with Gasteiger partial charge in [-0.1, -0.05) is 0 Å². The van der Waals surface area contributed by atoms with E-state index in [4.69, 9.17) is 18.6 Å². The molecule has 0 aromatic carbocycles. The highest BCUT2D eigenvalue weighted by Crippen LogP contribution is 1.60. The second-order valence-electron chi connectivity index (χ2n) is 0.396. The first kappa shape index (κ1) is 10.0. The highest BCUT2D eigenvalue weighted by atomic mass is 35.7. The van der Waals surface area contributed by atoms with Crippen LogP contribution in [-0.4, -0.2) is 27.7 Å². The molecule has 2 radical (unpaired) electrons. The van der Waals surface area contributed by atoms with Gasteiger partial charge in [0.25, 0.3) is 0 Å². The van der Waals surface area contributed by atoms with Crippen LogP contribution in [0.1, 0.15) is 0 Å². The molecule has 0 aromatic heterocycles. The predicted molar refractivity (Wildman–Crippen MR) is 7.97 cm³/mol. The SMILES string of the molecule is [Mg].[O-][Cl+3]([O-])([O-])O. The van der Waals surface area contributed by atoms with E-state index in [0.717, 1.165) is 0 Å². The lowest BCUT2D eigenvalue weighted by atomic mass is 15.8. The van der Waals surface area contributed by atoms with E-state index in [9.17, 15) is 0 Å². The number of hydrogen-bond acceptors (Lipinski definition) is 4. The summed E-state index contributed by atoms with van der Waals surface area (Å²) < 4.78 is 32.7. The Balaban J connectivity index is 0. The molecular formula is HClMgO4. The van der Waals surface area contributed by atoms with Crippen molar-refractivity contribution in [1.82, 2.24) is 0 Å². The van der Waals surface area contributed by atoms with Crippen LogP contribution in [0, 0.1) is 10.2 Å². The molecule has 4 nitrogen and oxygen atoms in total.